The molecule has 1 amide bonds. The third-order valence-corrected chi connectivity index (χ3v) is 7.26. The molecule has 0 spiro atoms. The molecule has 162 valence electrons. The molecule has 0 N–H and O–H groups in total. The molecule has 0 radical (unpaired) electrons. The lowest BCUT2D eigenvalue weighted by Gasteiger charge is -2.35. The van der Waals surface area contributed by atoms with E-state index < -0.39 is 10.0 Å². The van der Waals surface area contributed by atoms with Crippen LogP contribution >= 0.6 is 0 Å². The lowest BCUT2D eigenvalue weighted by Crippen LogP contribution is -2.52. The maximum absolute atomic E-state index is 12.9. The third kappa shape index (κ3) is 6.14. The molecular formula is C23H31N3O3S. The summed E-state index contributed by atoms with van der Waals surface area (Å²) in [6.07, 6.45) is 0. The van der Waals surface area contributed by atoms with E-state index in [-0.39, 0.29) is 17.7 Å². The summed E-state index contributed by atoms with van der Waals surface area (Å²) in [7, 11) is -3.35. The van der Waals surface area contributed by atoms with Crippen molar-refractivity contribution in [1.82, 2.24) is 14.1 Å². The lowest BCUT2D eigenvalue weighted by atomic mass is 10.2. The highest BCUT2D eigenvalue weighted by atomic mass is 32.2. The van der Waals surface area contributed by atoms with E-state index in [1.807, 2.05) is 79.4 Å². The summed E-state index contributed by atoms with van der Waals surface area (Å²) < 4.78 is 27.0. The zero-order valence-electron chi connectivity index (χ0n) is 17.8. The van der Waals surface area contributed by atoms with Crippen molar-refractivity contribution in [3.05, 3.63) is 71.8 Å². The zero-order chi connectivity index (χ0) is 21.6. The number of nitrogens with zero attached hydrogens (tertiary/aromatic N) is 3. The number of carbonyl (C=O) groups is 1. The molecule has 1 saturated heterocycles. The Balaban J connectivity index is 1.53. The second-order valence-electron chi connectivity index (χ2n) is 8.02. The second kappa shape index (κ2) is 10.2. The topological polar surface area (TPSA) is 60.9 Å². The molecule has 0 atom stereocenters. The van der Waals surface area contributed by atoms with Gasteiger partial charge < -0.3 is 4.90 Å². The number of piperazine rings is 1. The Morgan fingerprint density at radius 1 is 0.900 bits per heavy atom. The smallest absolute Gasteiger partial charge is 0.237 e. The van der Waals surface area contributed by atoms with Crippen LogP contribution < -0.4 is 0 Å². The highest BCUT2D eigenvalue weighted by Crippen LogP contribution is 2.15. The number of hydrogen-bond donors (Lipinski definition) is 0. The maximum Gasteiger partial charge on any atom is 0.237 e. The molecule has 0 aromatic heterocycles. The summed E-state index contributed by atoms with van der Waals surface area (Å²) in [4.78, 5) is 16.9. The van der Waals surface area contributed by atoms with E-state index >= 15 is 0 Å². The molecule has 3 rings (SSSR count). The molecule has 1 aliphatic rings. The molecule has 2 aromatic carbocycles. The Labute approximate surface area is 180 Å². The van der Waals surface area contributed by atoms with Crippen molar-refractivity contribution < 1.29 is 13.2 Å². The molecule has 1 fully saturated rings. The number of hydrogen-bond acceptors (Lipinski definition) is 4. The Bertz CT molecular complexity index is 909. The first-order valence-electron chi connectivity index (χ1n) is 10.4. The van der Waals surface area contributed by atoms with Gasteiger partial charge in [0.2, 0.25) is 15.9 Å². The molecule has 6 nitrogen and oxygen atoms in total. The van der Waals surface area contributed by atoms with Gasteiger partial charge in [-0.05, 0) is 25.0 Å². The molecule has 1 heterocycles. The normalized spacial score (nSPS) is 16.0. The molecule has 0 aliphatic carbocycles. The average molecular weight is 430 g/mol. The van der Waals surface area contributed by atoms with E-state index in [2.05, 4.69) is 4.90 Å². The summed E-state index contributed by atoms with van der Waals surface area (Å²) in [5.74, 6) is 0.0970. The summed E-state index contributed by atoms with van der Waals surface area (Å²) in [6.45, 7) is 6.92. The van der Waals surface area contributed by atoms with Crippen molar-refractivity contribution in [2.75, 3.05) is 32.7 Å². The van der Waals surface area contributed by atoms with Crippen molar-refractivity contribution >= 4 is 15.9 Å². The predicted molar refractivity (Wildman–Crippen MR) is 119 cm³/mol. The fourth-order valence-corrected chi connectivity index (χ4v) is 5.18. The van der Waals surface area contributed by atoms with E-state index in [0.717, 1.165) is 11.1 Å². The van der Waals surface area contributed by atoms with E-state index in [9.17, 15) is 13.2 Å². The average Bonchev–Trinajstić information content (AvgIpc) is 2.73. The van der Waals surface area contributed by atoms with Crippen molar-refractivity contribution in [2.24, 2.45) is 0 Å². The summed E-state index contributed by atoms with van der Waals surface area (Å²) >= 11 is 0. The highest BCUT2D eigenvalue weighted by molar-refractivity contribution is 7.88. The van der Waals surface area contributed by atoms with Crippen molar-refractivity contribution in [3.8, 4) is 0 Å². The first-order chi connectivity index (χ1) is 14.3. The number of rotatable bonds is 8. The van der Waals surface area contributed by atoms with E-state index in [0.29, 0.717) is 39.3 Å². The van der Waals surface area contributed by atoms with Gasteiger partial charge in [0.1, 0.15) is 0 Å². The first kappa shape index (κ1) is 22.5. The van der Waals surface area contributed by atoms with Gasteiger partial charge in [-0.1, -0.05) is 60.7 Å². The van der Waals surface area contributed by atoms with Gasteiger partial charge in [-0.25, -0.2) is 8.42 Å². The fraction of sp³-hybridized carbons (Fsp3) is 0.435. The van der Waals surface area contributed by atoms with Crippen LogP contribution in [-0.4, -0.2) is 67.2 Å². The van der Waals surface area contributed by atoms with Gasteiger partial charge in [0, 0.05) is 38.8 Å². The van der Waals surface area contributed by atoms with Crippen LogP contribution in [0, 0.1) is 0 Å². The SMILES string of the molecule is CC(C)N(Cc1ccccc1)C(=O)CN1CCN(S(=O)(=O)Cc2ccccc2)CC1. The minimum absolute atomic E-state index is 0.0188. The molecule has 0 bridgehead atoms. The van der Waals surface area contributed by atoms with Crippen LogP contribution in [0.3, 0.4) is 0 Å². The van der Waals surface area contributed by atoms with E-state index in [1.165, 1.54) is 0 Å². The zero-order valence-corrected chi connectivity index (χ0v) is 18.6. The maximum atomic E-state index is 12.9. The van der Waals surface area contributed by atoms with Gasteiger partial charge in [-0.2, -0.15) is 4.31 Å². The number of amides is 1. The quantitative estimate of drug-likeness (QED) is 0.647. The van der Waals surface area contributed by atoms with Crippen LogP contribution in [0.1, 0.15) is 25.0 Å². The van der Waals surface area contributed by atoms with Gasteiger partial charge in [0.25, 0.3) is 0 Å². The fourth-order valence-electron chi connectivity index (χ4n) is 3.66. The van der Waals surface area contributed by atoms with Gasteiger partial charge in [0.05, 0.1) is 12.3 Å². The summed E-state index contributed by atoms with van der Waals surface area (Å²) in [5.41, 5.74) is 1.90. The Kier molecular flexibility index (Phi) is 7.64. The molecule has 30 heavy (non-hydrogen) atoms. The minimum atomic E-state index is -3.35. The van der Waals surface area contributed by atoms with Gasteiger partial charge in [0.15, 0.2) is 0 Å². The van der Waals surface area contributed by atoms with Crippen molar-refractivity contribution in [1.29, 1.82) is 0 Å². The number of benzene rings is 2. The monoisotopic (exact) mass is 429 g/mol. The summed E-state index contributed by atoms with van der Waals surface area (Å²) in [6, 6.07) is 19.3. The third-order valence-electron chi connectivity index (χ3n) is 5.41. The predicted octanol–water partition coefficient (Wildman–Crippen LogP) is 2.57. The number of carbonyl (C=O) groups excluding carboxylic acids is 1. The molecule has 7 heteroatoms. The molecular weight excluding hydrogens is 398 g/mol. The van der Waals surface area contributed by atoms with Gasteiger partial charge >= 0.3 is 0 Å². The standard InChI is InChI=1S/C23H31N3O3S/c1-20(2)26(17-21-9-5-3-6-10-21)23(27)18-24-13-15-25(16-14-24)30(28,29)19-22-11-7-4-8-12-22/h3-12,20H,13-19H2,1-2H3. The first-order valence-corrected chi connectivity index (χ1v) is 12.0. The summed E-state index contributed by atoms with van der Waals surface area (Å²) in [5, 5.41) is 0. The second-order valence-corrected chi connectivity index (χ2v) is 9.99. The van der Waals surface area contributed by atoms with Gasteiger partial charge in [-0.3, -0.25) is 9.69 Å². The Hall–Kier alpha value is -2.22. The minimum Gasteiger partial charge on any atom is -0.335 e. The molecule has 2 aromatic rings. The molecule has 0 unspecified atom stereocenters. The largest absolute Gasteiger partial charge is 0.335 e. The highest BCUT2D eigenvalue weighted by Gasteiger charge is 2.29. The van der Waals surface area contributed by atoms with E-state index in [1.54, 1.807) is 4.31 Å². The van der Waals surface area contributed by atoms with Gasteiger partial charge in [-0.15, -0.1) is 0 Å². The van der Waals surface area contributed by atoms with E-state index in [4.69, 9.17) is 0 Å². The molecule has 1 aliphatic heterocycles. The number of sulfonamides is 1. The van der Waals surface area contributed by atoms with Crippen LogP contribution in [0.15, 0.2) is 60.7 Å². The Morgan fingerprint density at radius 3 is 1.97 bits per heavy atom. The lowest BCUT2D eigenvalue weighted by molar-refractivity contribution is -0.135. The van der Waals surface area contributed by atoms with Crippen LogP contribution in [0.25, 0.3) is 0 Å². The van der Waals surface area contributed by atoms with Crippen LogP contribution in [0.5, 0.6) is 0 Å². The van der Waals surface area contributed by atoms with Crippen molar-refractivity contribution in [3.63, 3.8) is 0 Å². The van der Waals surface area contributed by atoms with Crippen LogP contribution in [-0.2, 0) is 27.1 Å². The Morgan fingerprint density at radius 2 is 1.43 bits per heavy atom. The van der Waals surface area contributed by atoms with Crippen LogP contribution in [0.2, 0.25) is 0 Å². The molecule has 0 saturated carbocycles. The van der Waals surface area contributed by atoms with Crippen LogP contribution in [0.4, 0.5) is 0 Å². The van der Waals surface area contributed by atoms with Crippen molar-refractivity contribution in [2.45, 2.75) is 32.2 Å².